The first-order valence-corrected chi connectivity index (χ1v) is 7.26. The van der Waals surface area contributed by atoms with Crippen molar-refractivity contribution < 1.29 is 14.3 Å². The zero-order valence-corrected chi connectivity index (χ0v) is 12.6. The van der Waals surface area contributed by atoms with E-state index >= 15 is 0 Å². The Morgan fingerprint density at radius 3 is 2.70 bits per heavy atom. The SMILES string of the molecule is CCC1Oc2ccc(C(=O)CCl)cc2N(C(C)C)C1=O. The van der Waals surface area contributed by atoms with Crippen LogP contribution in [-0.4, -0.2) is 29.7 Å². The van der Waals surface area contributed by atoms with Crippen molar-refractivity contribution in [2.45, 2.75) is 39.3 Å². The molecule has 4 nitrogen and oxygen atoms in total. The Hall–Kier alpha value is -1.55. The maximum atomic E-state index is 12.4. The molecule has 0 radical (unpaired) electrons. The number of hydrogen-bond acceptors (Lipinski definition) is 3. The molecule has 1 heterocycles. The summed E-state index contributed by atoms with van der Waals surface area (Å²) in [6.07, 6.45) is 0.156. The molecule has 0 N–H and O–H groups in total. The molecule has 1 aromatic rings. The fourth-order valence-electron chi connectivity index (χ4n) is 2.32. The van der Waals surface area contributed by atoms with E-state index in [1.54, 1.807) is 23.1 Å². The summed E-state index contributed by atoms with van der Waals surface area (Å²) < 4.78 is 5.71. The van der Waals surface area contributed by atoms with Crippen LogP contribution in [0.5, 0.6) is 5.75 Å². The number of ketones is 1. The molecule has 0 spiro atoms. The van der Waals surface area contributed by atoms with Crippen molar-refractivity contribution in [3.63, 3.8) is 0 Å². The maximum absolute atomic E-state index is 12.4. The molecule has 1 unspecified atom stereocenters. The average Bonchev–Trinajstić information content (AvgIpc) is 2.44. The predicted octanol–water partition coefficient (Wildman–Crippen LogP) is 3.02. The highest BCUT2D eigenvalue weighted by atomic mass is 35.5. The molecule has 1 aromatic carbocycles. The highest BCUT2D eigenvalue weighted by molar-refractivity contribution is 6.30. The van der Waals surface area contributed by atoms with Gasteiger partial charge in [0, 0.05) is 11.6 Å². The second-order valence-electron chi connectivity index (χ2n) is 5.06. The van der Waals surface area contributed by atoms with Gasteiger partial charge in [-0.1, -0.05) is 6.92 Å². The Kier molecular flexibility index (Phi) is 4.33. The third-order valence-corrected chi connectivity index (χ3v) is 3.57. The van der Waals surface area contributed by atoms with Gasteiger partial charge in [0.25, 0.3) is 5.91 Å². The van der Waals surface area contributed by atoms with Gasteiger partial charge in [-0.05, 0) is 38.5 Å². The molecule has 20 heavy (non-hydrogen) atoms. The highest BCUT2D eigenvalue weighted by Crippen LogP contribution is 2.36. The van der Waals surface area contributed by atoms with E-state index < -0.39 is 6.10 Å². The van der Waals surface area contributed by atoms with Crippen LogP contribution in [0.15, 0.2) is 18.2 Å². The minimum atomic E-state index is -0.459. The Morgan fingerprint density at radius 1 is 1.45 bits per heavy atom. The number of halogens is 1. The molecular weight excluding hydrogens is 278 g/mol. The summed E-state index contributed by atoms with van der Waals surface area (Å²) in [7, 11) is 0. The number of ether oxygens (including phenoxy) is 1. The zero-order chi connectivity index (χ0) is 14.9. The number of rotatable bonds is 4. The summed E-state index contributed by atoms with van der Waals surface area (Å²) in [4.78, 5) is 25.8. The van der Waals surface area contributed by atoms with Gasteiger partial charge in [0.1, 0.15) is 5.75 Å². The molecule has 5 heteroatoms. The van der Waals surface area contributed by atoms with E-state index in [0.29, 0.717) is 23.4 Å². The number of carbonyl (C=O) groups excluding carboxylic acids is 2. The topological polar surface area (TPSA) is 46.6 Å². The van der Waals surface area contributed by atoms with E-state index in [-0.39, 0.29) is 23.6 Å². The average molecular weight is 296 g/mol. The summed E-state index contributed by atoms with van der Waals surface area (Å²) in [5.74, 6) is 0.331. The summed E-state index contributed by atoms with van der Waals surface area (Å²) in [5.41, 5.74) is 1.14. The van der Waals surface area contributed by atoms with Crippen molar-refractivity contribution in [3.8, 4) is 5.75 Å². The van der Waals surface area contributed by atoms with E-state index in [9.17, 15) is 9.59 Å². The van der Waals surface area contributed by atoms with E-state index in [2.05, 4.69) is 0 Å². The van der Waals surface area contributed by atoms with Crippen LogP contribution in [0.4, 0.5) is 5.69 Å². The summed E-state index contributed by atoms with van der Waals surface area (Å²) in [6.45, 7) is 5.79. The number of Topliss-reactive ketones (excluding diaryl/α,β-unsaturated/α-hetero) is 1. The largest absolute Gasteiger partial charge is 0.478 e. The summed E-state index contributed by atoms with van der Waals surface area (Å²) in [5, 5.41) is 0. The van der Waals surface area contributed by atoms with E-state index in [1.165, 1.54) is 0 Å². The number of anilines is 1. The van der Waals surface area contributed by atoms with Gasteiger partial charge in [0.2, 0.25) is 0 Å². The lowest BCUT2D eigenvalue weighted by Gasteiger charge is -2.36. The third-order valence-electron chi connectivity index (χ3n) is 3.33. The fourth-order valence-corrected chi connectivity index (χ4v) is 2.48. The number of alkyl halides is 1. The van der Waals surface area contributed by atoms with Crippen molar-refractivity contribution in [3.05, 3.63) is 23.8 Å². The molecule has 2 rings (SSSR count). The molecule has 1 atom stereocenters. The lowest BCUT2D eigenvalue weighted by molar-refractivity contribution is -0.126. The molecule has 1 amide bonds. The number of benzene rings is 1. The predicted molar refractivity (Wildman–Crippen MR) is 78.8 cm³/mol. The minimum Gasteiger partial charge on any atom is -0.478 e. The second kappa shape index (κ2) is 5.83. The Morgan fingerprint density at radius 2 is 2.15 bits per heavy atom. The second-order valence-corrected chi connectivity index (χ2v) is 5.32. The molecule has 0 saturated heterocycles. The zero-order valence-electron chi connectivity index (χ0n) is 11.9. The van der Waals surface area contributed by atoms with Gasteiger partial charge in [-0.15, -0.1) is 11.6 Å². The normalized spacial score (nSPS) is 17.9. The Balaban J connectivity index is 2.50. The molecule has 0 aromatic heterocycles. The lowest BCUT2D eigenvalue weighted by Crippen LogP contribution is -2.48. The van der Waals surface area contributed by atoms with Crippen LogP contribution >= 0.6 is 11.6 Å². The minimum absolute atomic E-state index is 0.000513. The van der Waals surface area contributed by atoms with E-state index in [0.717, 1.165) is 0 Å². The van der Waals surface area contributed by atoms with Gasteiger partial charge in [0.15, 0.2) is 11.9 Å². The van der Waals surface area contributed by atoms with Crippen LogP contribution in [0.2, 0.25) is 0 Å². The molecule has 1 aliphatic heterocycles. The van der Waals surface area contributed by atoms with Gasteiger partial charge < -0.3 is 9.64 Å². The van der Waals surface area contributed by atoms with Gasteiger partial charge in [-0.2, -0.15) is 0 Å². The molecular formula is C15H18ClNO3. The number of amides is 1. The summed E-state index contributed by atoms with van der Waals surface area (Å²) in [6, 6.07) is 5.11. The van der Waals surface area contributed by atoms with Crippen LogP contribution in [0.3, 0.4) is 0 Å². The molecule has 0 aliphatic carbocycles. The maximum Gasteiger partial charge on any atom is 0.268 e. The Bertz CT molecular complexity index is 542. The van der Waals surface area contributed by atoms with Gasteiger partial charge in [-0.25, -0.2) is 0 Å². The molecule has 0 bridgehead atoms. The quantitative estimate of drug-likeness (QED) is 0.633. The van der Waals surface area contributed by atoms with E-state index in [1.807, 2.05) is 20.8 Å². The first-order chi connectivity index (χ1) is 9.49. The van der Waals surface area contributed by atoms with Crippen molar-refractivity contribution >= 4 is 29.0 Å². The fraction of sp³-hybridized carbons (Fsp3) is 0.467. The van der Waals surface area contributed by atoms with Gasteiger partial charge in [-0.3, -0.25) is 9.59 Å². The summed E-state index contributed by atoms with van der Waals surface area (Å²) >= 11 is 5.58. The van der Waals surface area contributed by atoms with Crippen molar-refractivity contribution in [1.82, 2.24) is 0 Å². The molecule has 0 fully saturated rings. The highest BCUT2D eigenvalue weighted by Gasteiger charge is 2.35. The monoisotopic (exact) mass is 295 g/mol. The molecule has 108 valence electrons. The van der Waals surface area contributed by atoms with Gasteiger partial charge >= 0.3 is 0 Å². The number of carbonyl (C=O) groups is 2. The van der Waals surface area contributed by atoms with Crippen LogP contribution in [-0.2, 0) is 4.79 Å². The number of fused-ring (bicyclic) bond motifs is 1. The third kappa shape index (κ3) is 2.52. The van der Waals surface area contributed by atoms with Crippen molar-refractivity contribution in [1.29, 1.82) is 0 Å². The standard InChI is InChI=1S/C15H18ClNO3/c1-4-13-15(19)17(9(2)3)11-7-10(12(18)8-16)5-6-14(11)20-13/h5-7,9,13H,4,8H2,1-3H3. The van der Waals surface area contributed by atoms with Crippen LogP contribution in [0, 0.1) is 0 Å². The van der Waals surface area contributed by atoms with Crippen LogP contribution < -0.4 is 9.64 Å². The first-order valence-electron chi connectivity index (χ1n) is 6.72. The molecule has 1 aliphatic rings. The van der Waals surface area contributed by atoms with Gasteiger partial charge in [0.05, 0.1) is 11.6 Å². The number of nitrogens with zero attached hydrogens (tertiary/aromatic N) is 1. The Labute approximate surface area is 123 Å². The smallest absolute Gasteiger partial charge is 0.268 e. The molecule has 0 saturated carbocycles. The first kappa shape index (κ1) is 14.9. The lowest BCUT2D eigenvalue weighted by atomic mass is 10.1. The van der Waals surface area contributed by atoms with Crippen molar-refractivity contribution in [2.24, 2.45) is 0 Å². The van der Waals surface area contributed by atoms with E-state index in [4.69, 9.17) is 16.3 Å². The van der Waals surface area contributed by atoms with Crippen LogP contribution in [0.25, 0.3) is 0 Å². The number of hydrogen-bond donors (Lipinski definition) is 0. The van der Waals surface area contributed by atoms with Crippen LogP contribution in [0.1, 0.15) is 37.6 Å². The van der Waals surface area contributed by atoms with Crippen molar-refractivity contribution in [2.75, 3.05) is 10.8 Å².